The number of rotatable bonds is 4. The first-order chi connectivity index (χ1) is 8.86. The van der Waals surface area contributed by atoms with E-state index in [0.717, 1.165) is 26.2 Å². The van der Waals surface area contributed by atoms with Gasteiger partial charge in [-0.2, -0.15) is 0 Å². The molecular weight excluding hydrogens is 240 g/mol. The van der Waals surface area contributed by atoms with Crippen LogP contribution in [0.25, 0.3) is 0 Å². The number of ether oxygens (including phenoxy) is 5. The molecule has 4 fully saturated rings. The maximum atomic E-state index is 8.08. The molecule has 4 aliphatic rings. The van der Waals surface area contributed by atoms with Gasteiger partial charge in [-0.05, 0) is 6.42 Å². The maximum absolute atomic E-state index is 8.08. The quantitative estimate of drug-likeness (QED) is 0.676. The highest BCUT2D eigenvalue weighted by Crippen LogP contribution is 2.28. The minimum Gasteiger partial charge on any atom is -0.394 e. The summed E-state index contributed by atoms with van der Waals surface area (Å²) < 4.78 is 26.4. The van der Waals surface area contributed by atoms with E-state index < -0.39 is 0 Å². The Morgan fingerprint density at radius 1 is 1.00 bits per heavy atom. The second kappa shape index (κ2) is 5.81. The molecule has 0 amide bonds. The van der Waals surface area contributed by atoms with Crippen LogP contribution in [0.5, 0.6) is 0 Å². The van der Waals surface area contributed by atoms with E-state index in [9.17, 15) is 0 Å². The summed E-state index contributed by atoms with van der Waals surface area (Å²) in [6.45, 7) is 4.00. The van der Waals surface area contributed by atoms with Crippen LogP contribution in [0, 0.1) is 0 Å². The Hall–Kier alpha value is -0.240. The number of fused-ring (bicyclic) bond motifs is 1. The fourth-order valence-corrected chi connectivity index (χ4v) is 2.14. The molecule has 0 aromatic carbocycles. The van der Waals surface area contributed by atoms with E-state index in [1.54, 1.807) is 0 Å². The average Bonchev–Trinajstić information content (AvgIpc) is 3.29. The molecule has 0 saturated carbocycles. The smallest absolute Gasteiger partial charge is 0.112 e. The van der Waals surface area contributed by atoms with Gasteiger partial charge in [0, 0.05) is 6.61 Å². The van der Waals surface area contributed by atoms with Crippen LogP contribution in [0.15, 0.2) is 0 Å². The Morgan fingerprint density at radius 2 is 1.78 bits per heavy atom. The number of aliphatic hydroxyl groups is 1. The summed E-state index contributed by atoms with van der Waals surface area (Å²) in [5, 5.41) is 8.08. The van der Waals surface area contributed by atoms with Gasteiger partial charge in [0.15, 0.2) is 0 Å². The Labute approximate surface area is 106 Å². The molecule has 104 valence electrons. The molecule has 4 rings (SSSR count). The van der Waals surface area contributed by atoms with E-state index in [1.807, 2.05) is 0 Å². The Kier molecular flexibility index (Phi) is 4.13. The van der Waals surface area contributed by atoms with Crippen molar-refractivity contribution in [2.24, 2.45) is 0 Å². The van der Waals surface area contributed by atoms with Crippen LogP contribution >= 0.6 is 0 Å². The van der Waals surface area contributed by atoms with Crippen LogP contribution < -0.4 is 0 Å². The average molecular weight is 260 g/mol. The third-order valence-corrected chi connectivity index (χ3v) is 3.42. The van der Waals surface area contributed by atoms with Crippen LogP contribution in [0.1, 0.15) is 6.42 Å². The van der Waals surface area contributed by atoms with Gasteiger partial charge in [0.25, 0.3) is 0 Å². The monoisotopic (exact) mass is 260 g/mol. The van der Waals surface area contributed by atoms with Crippen LogP contribution in [0.4, 0.5) is 0 Å². The van der Waals surface area contributed by atoms with E-state index in [4.69, 9.17) is 24.1 Å². The molecule has 1 N–H and O–H groups in total. The van der Waals surface area contributed by atoms with Gasteiger partial charge in [-0.25, -0.2) is 0 Å². The Balaban J connectivity index is 0.000000169. The zero-order valence-corrected chi connectivity index (χ0v) is 10.3. The summed E-state index contributed by atoms with van der Waals surface area (Å²) in [5.74, 6) is 0. The minimum atomic E-state index is 0.136. The summed E-state index contributed by atoms with van der Waals surface area (Å²) in [6, 6.07) is 0. The summed E-state index contributed by atoms with van der Waals surface area (Å²) in [6.07, 6.45) is 2.14. The van der Waals surface area contributed by atoms with Crippen LogP contribution in [-0.4, -0.2) is 75.3 Å². The molecule has 5 atom stereocenters. The molecule has 0 aliphatic carbocycles. The SMILES string of the molecule is C1CC2OCC(OCC3CO3)[C@H]2O1.OCC1CO1. The number of hydrogen-bond acceptors (Lipinski definition) is 6. The fourth-order valence-electron chi connectivity index (χ4n) is 2.14. The van der Waals surface area contributed by atoms with Gasteiger partial charge in [0.1, 0.15) is 24.4 Å². The van der Waals surface area contributed by atoms with Gasteiger partial charge in [-0.3, -0.25) is 0 Å². The number of aliphatic hydroxyl groups excluding tert-OH is 1. The highest BCUT2D eigenvalue weighted by Gasteiger charge is 2.43. The Bertz CT molecular complexity index is 265. The molecule has 4 heterocycles. The van der Waals surface area contributed by atoms with Crippen molar-refractivity contribution >= 4 is 0 Å². The summed E-state index contributed by atoms with van der Waals surface area (Å²) in [5.41, 5.74) is 0. The van der Waals surface area contributed by atoms with E-state index in [2.05, 4.69) is 4.74 Å². The van der Waals surface area contributed by atoms with Crippen molar-refractivity contribution in [1.82, 2.24) is 0 Å². The first kappa shape index (κ1) is 12.8. The van der Waals surface area contributed by atoms with E-state index in [-0.39, 0.29) is 31.0 Å². The van der Waals surface area contributed by atoms with Crippen molar-refractivity contribution < 1.29 is 28.8 Å². The standard InChI is InChI=1S/C9H14O4.C3H6O2/c1-2-10-9-7(1)13-5-8(9)12-4-6-3-11-6;4-1-3-2-5-3/h6-9H,1-5H2;3-4H,1-2H2/t6?,7?,8?,9-;/m0./s1. The zero-order chi connectivity index (χ0) is 12.4. The molecule has 4 saturated heterocycles. The highest BCUT2D eigenvalue weighted by molar-refractivity contribution is 4.90. The molecule has 0 spiro atoms. The van der Waals surface area contributed by atoms with Crippen LogP contribution in [0.3, 0.4) is 0 Å². The molecule has 0 bridgehead atoms. The van der Waals surface area contributed by atoms with Gasteiger partial charge < -0.3 is 28.8 Å². The lowest BCUT2D eigenvalue weighted by Crippen LogP contribution is -2.31. The third-order valence-electron chi connectivity index (χ3n) is 3.42. The van der Waals surface area contributed by atoms with E-state index in [0.29, 0.717) is 19.3 Å². The lowest BCUT2D eigenvalue weighted by Gasteiger charge is -2.15. The van der Waals surface area contributed by atoms with Crippen LogP contribution in [0.2, 0.25) is 0 Å². The van der Waals surface area contributed by atoms with Crippen molar-refractivity contribution in [2.45, 2.75) is 36.9 Å². The van der Waals surface area contributed by atoms with Gasteiger partial charge in [-0.1, -0.05) is 0 Å². The van der Waals surface area contributed by atoms with E-state index in [1.165, 1.54) is 0 Å². The topological polar surface area (TPSA) is 73.0 Å². The predicted molar refractivity (Wildman–Crippen MR) is 60.4 cm³/mol. The van der Waals surface area contributed by atoms with Crippen molar-refractivity contribution in [1.29, 1.82) is 0 Å². The first-order valence-electron chi connectivity index (χ1n) is 6.55. The second-order valence-corrected chi connectivity index (χ2v) is 4.96. The largest absolute Gasteiger partial charge is 0.394 e. The van der Waals surface area contributed by atoms with Gasteiger partial charge in [0.05, 0.1) is 39.1 Å². The van der Waals surface area contributed by atoms with Gasteiger partial charge in [0.2, 0.25) is 0 Å². The van der Waals surface area contributed by atoms with Crippen molar-refractivity contribution in [3.8, 4) is 0 Å². The summed E-state index contributed by atoms with van der Waals surface area (Å²) >= 11 is 0. The molecule has 0 aromatic heterocycles. The molecular formula is C12H20O6. The normalized spacial score (nSPS) is 44.2. The lowest BCUT2D eigenvalue weighted by atomic mass is 10.1. The zero-order valence-electron chi connectivity index (χ0n) is 10.3. The van der Waals surface area contributed by atoms with Crippen molar-refractivity contribution in [2.75, 3.05) is 39.6 Å². The lowest BCUT2D eigenvalue weighted by molar-refractivity contribution is -0.0350. The summed E-state index contributed by atoms with van der Waals surface area (Å²) in [7, 11) is 0. The second-order valence-electron chi connectivity index (χ2n) is 4.96. The van der Waals surface area contributed by atoms with Crippen LogP contribution in [-0.2, 0) is 23.7 Å². The van der Waals surface area contributed by atoms with E-state index >= 15 is 0 Å². The fraction of sp³-hybridized carbons (Fsp3) is 1.00. The summed E-state index contributed by atoms with van der Waals surface area (Å²) in [4.78, 5) is 0. The van der Waals surface area contributed by atoms with Crippen molar-refractivity contribution in [3.63, 3.8) is 0 Å². The maximum Gasteiger partial charge on any atom is 0.112 e. The molecule has 0 radical (unpaired) electrons. The minimum absolute atomic E-state index is 0.136. The third kappa shape index (κ3) is 3.40. The first-order valence-corrected chi connectivity index (χ1v) is 6.55. The molecule has 0 aromatic rings. The van der Waals surface area contributed by atoms with Crippen molar-refractivity contribution in [3.05, 3.63) is 0 Å². The predicted octanol–water partition coefficient (Wildman–Crippen LogP) is -0.664. The molecule has 4 aliphatic heterocycles. The Morgan fingerprint density at radius 3 is 2.39 bits per heavy atom. The molecule has 18 heavy (non-hydrogen) atoms. The number of hydrogen-bond donors (Lipinski definition) is 1. The van der Waals surface area contributed by atoms with Gasteiger partial charge in [-0.15, -0.1) is 0 Å². The molecule has 6 heteroatoms. The number of epoxide rings is 2. The van der Waals surface area contributed by atoms with Gasteiger partial charge >= 0.3 is 0 Å². The highest BCUT2D eigenvalue weighted by atomic mass is 16.6. The molecule has 6 nitrogen and oxygen atoms in total. The molecule has 4 unspecified atom stereocenters.